The van der Waals surface area contributed by atoms with Gasteiger partial charge in [0.15, 0.2) is 11.5 Å². The van der Waals surface area contributed by atoms with E-state index in [4.69, 9.17) is 14.2 Å². The van der Waals surface area contributed by atoms with E-state index >= 15 is 0 Å². The molecule has 6 heteroatoms. The minimum Gasteiger partial charge on any atom is -0.493 e. The Morgan fingerprint density at radius 1 is 1.00 bits per heavy atom. The molecule has 0 radical (unpaired) electrons. The first-order valence-electron chi connectivity index (χ1n) is 10.9. The monoisotopic (exact) mass is 426 g/mol. The van der Waals surface area contributed by atoms with Crippen molar-refractivity contribution < 1.29 is 19.0 Å². The summed E-state index contributed by atoms with van der Waals surface area (Å²) in [5.74, 6) is 2.39. The van der Waals surface area contributed by atoms with Crippen molar-refractivity contribution in [3.05, 3.63) is 53.1 Å². The van der Waals surface area contributed by atoms with E-state index in [0.717, 1.165) is 31.1 Å². The molecule has 6 nitrogen and oxygen atoms in total. The molecule has 1 saturated heterocycles. The number of carbonyl (C=O) groups is 1. The zero-order chi connectivity index (χ0) is 22.2. The predicted molar refractivity (Wildman–Crippen MR) is 122 cm³/mol. The van der Waals surface area contributed by atoms with Gasteiger partial charge in [-0.15, -0.1) is 0 Å². The number of piperidine rings is 1. The molecule has 1 N–H and O–H groups in total. The lowest BCUT2D eigenvalue weighted by Crippen LogP contribution is -2.33. The lowest BCUT2D eigenvalue weighted by atomic mass is 9.98. The van der Waals surface area contributed by atoms with Gasteiger partial charge in [0.05, 0.1) is 27.8 Å². The number of ether oxygens (including phenoxy) is 3. The van der Waals surface area contributed by atoms with Crippen molar-refractivity contribution in [2.75, 3.05) is 34.4 Å². The molecule has 1 aliphatic heterocycles. The first-order chi connectivity index (χ1) is 15.0. The molecule has 1 heterocycles. The van der Waals surface area contributed by atoms with E-state index in [0.29, 0.717) is 23.8 Å². The molecule has 31 heavy (non-hydrogen) atoms. The molecule has 0 unspecified atom stereocenters. The number of likely N-dealkylation sites (tertiary alicyclic amines) is 1. The second-order valence-corrected chi connectivity index (χ2v) is 8.21. The molecule has 0 spiro atoms. The number of nitrogens with one attached hydrogen (secondary N) is 1. The quantitative estimate of drug-likeness (QED) is 0.661. The molecule has 0 bridgehead atoms. The number of benzene rings is 2. The van der Waals surface area contributed by atoms with Gasteiger partial charge in [0.2, 0.25) is 11.7 Å². The van der Waals surface area contributed by atoms with Crippen molar-refractivity contribution >= 4 is 5.91 Å². The zero-order valence-corrected chi connectivity index (χ0v) is 19.1. The summed E-state index contributed by atoms with van der Waals surface area (Å²) in [6.45, 7) is 6.07. The number of amides is 1. The van der Waals surface area contributed by atoms with E-state index in [1.165, 1.54) is 24.0 Å². The van der Waals surface area contributed by atoms with Crippen LogP contribution < -0.4 is 19.5 Å². The molecular formula is C25H34N2O4. The second-order valence-electron chi connectivity index (χ2n) is 8.21. The van der Waals surface area contributed by atoms with E-state index < -0.39 is 0 Å². The van der Waals surface area contributed by atoms with Crippen LogP contribution in [-0.4, -0.2) is 45.2 Å². The summed E-state index contributed by atoms with van der Waals surface area (Å²) in [6.07, 6.45) is 2.75. The van der Waals surface area contributed by atoms with Gasteiger partial charge in [-0.2, -0.15) is 0 Å². The number of nitrogens with zero attached hydrogens (tertiary/aromatic N) is 1. The maximum absolute atomic E-state index is 12.6. The minimum absolute atomic E-state index is 0.0455. The molecule has 1 fully saturated rings. The van der Waals surface area contributed by atoms with Crippen molar-refractivity contribution in [3.63, 3.8) is 0 Å². The van der Waals surface area contributed by atoms with Gasteiger partial charge in [-0.3, -0.25) is 9.69 Å². The van der Waals surface area contributed by atoms with Crippen LogP contribution in [0.4, 0.5) is 0 Å². The molecule has 0 saturated carbocycles. The fourth-order valence-electron chi connectivity index (χ4n) is 4.02. The van der Waals surface area contributed by atoms with Crippen LogP contribution in [-0.2, 0) is 24.3 Å². The van der Waals surface area contributed by atoms with Crippen molar-refractivity contribution in [1.29, 1.82) is 0 Å². The average Bonchev–Trinajstić information content (AvgIpc) is 2.79. The summed E-state index contributed by atoms with van der Waals surface area (Å²) >= 11 is 0. The fourth-order valence-corrected chi connectivity index (χ4v) is 4.02. The standard InChI is InChI=1S/C25H34N2O4/c1-18-9-11-27(12-10-18)17-21-8-6-5-7-20(21)16-26-24(28)15-19-13-22(29-2)25(31-4)23(14-19)30-3/h5-8,13-14,18H,9-12,15-17H2,1-4H3,(H,26,28). The molecule has 0 aliphatic carbocycles. The van der Waals surface area contributed by atoms with Crippen LogP contribution in [0.2, 0.25) is 0 Å². The highest BCUT2D eigenvalue weighted by atomic mass is 16.5. The summed E-state index contributed by atoms with van der Waals surface area (Å²) < 4.78 is 16.1. The predicted octanol–water partition coefficient (Wildman–Crippen LogP) is 3.80. The lowest BCUT2D eigenvalue weighted by Gasteiger charge is -2.30. The summed E-state index contributed by atoms with van der Waals surface area (Å²) in [4.78, 5) is 15.2. The third kappa shape index (κ3) is 6.14. The maximum atomic E-state index is 12.6. The van der Waals surface area contributed by atoms with Crippen LogP contribution in [0.5, 0.6) is 17.2 Å². The molecule has 2 aromatic rings. The summed E-state index contributed by atoms with van der Waals surface area (Å²) in [5, 5.41) is 3.07. The highest BCUT2D eigenvalue weighted by Gasteiger charge is 2.18. The molecular weight excluding hydrogens is 392 g/mol. The smallest absolute Gasteiger partial charge is 0.224 e. The maximum Gasteiger partial charge on any atom is 0.224 e. The Kier molecular flexibility index (Phi) is 8.18. The van der Waals surface area contributed by atoms with Crippen LogP contribution >= 0.6 is 0 Å². The van der Waals surface area contributed by atoms with Gasteiger partial charge in [-0.25, -0.2) is 0 Å². The third-order valence-corrected chi connectivity index (χ3v) is 5.95. The van der Waals surface area contributed by atoms with Crippen LogP contribution in [0, 0.1) is 5.92 Å². The van der Waals surface area contributed by atoms with E-state index in [1.807, 2.05) is 18.2 Å². The lowest BCUT2D eigenvalue weighted by molar-refractivity contribution is -0.120. The highest BCUT2D eigenvalue weighted by Crippen LogP contribution is 2.38. The molecule has 1 amide bonds. The Bertz CT molecular complexity index is 851. The highest BCUT2D eigenvalue weighted by molar-refractivity contribution is 5.79. The SMILES string of the molecule is COc1cc(CC(=O)NCc2ccccc2CN2CCC(C)CC2)cc(OC)c1OC. The Labute approximate surface area is 185 Å². The molecule has 3 rings (SSSR count). The molecule has 0 aromatic heterocycles. The Hall–Kier alpha value is -2.73. The van der Waals surface area contributed by atoms with Crippen LogP contribution in [0.15, 0.2) is 36.4 Å². The fraction of sp³-hybridized carbons (Fsp3) is 0.480. The van der Waals surface area contributed by atoms with Gasteiger partial charge in [0.25, 0.3) is 0 Å². The van der Waals surface area contributed by atoms with Gasteiger partial charge < -0.3 is 19.5 Å². The summed E-state index contributed by atoms with van der Waals surface area (Å²) in [6, 6.07) is 12.0. The Morgan fingerprint density at radius 2 is 1.61 bits per heavy atom. The largest absolute Gasteiger partial charge is 0.493 e. The number of methoxy groups -OCH3 is 3. The van der Waals surface area contributed by atoms with Crippen LogP contribution in [0.25, 0.3) is 0 Å². The molecule has 168 valence electrons. The van der Waals surface area contributed by atoms with Gasteiger partial charge in [0.1, 0.15) is 0 Å². The van der Waals surface area contributed by atoms with E-state index in [2.05, 4.69) is 35.3 Å². The van der Waals surface area contributed by atoms with Gasteiger partial charge >= 0.3 is 0 Å². The number of hydrogen-bond donors (Lipinski definition) is 1. The Balaban J connectivity index is 1.61. The van der Waals surface area contributed by atoms with Crippen LogP contribution in [0.1, 0.15) is 36.5 Å². The molecule has 2 aromatic carbocycles. The van der Waals surface area contributed by atoms with Gasteiger partial charge in [-0.05, 0) is 60.7 Å². The minimum atomic E-state index is -0.0455. The first kappa shape index (κ1) is 22.9. The third-order valence-electron chi connectivity index (χ3n) is 5.95. The van der Waals surface area contributed by atoms with Crippen molar-refractivity contribution in [3.8, 4) is 17.2 Å². The summed E-state index contributed by atoms with van der Waals surface area (Å²) in [7, 11) is 4.71. The van der Waals surface area contributed by atoms with Crippen molar-refractivity contribution in [2.45, 2.75) is 39.3 Å². The zero-order valence-electron chi connectivity index (χ0n) is 19.1. The topological polar surface area (TPSA) is 60.0 Å². The molecule has 0 atom stereocenters. The van der Waals surface area contributed by atoms with Crippen molar-refractivity contribution in [2.24, 2.45) is 5.92 Å². The van der Waals surface area contributed by atoms with Crippen molar-refractivity contribution in [1.82, 2.24) is 10.2 Å². The van der Waals surface area contributed by atoms with Gasteiger partial charge in [0, 0.05) is 13.1 Å². The second kappa shape index (κ2) is 11.0. The first-order valence-corrected chi connectivity index (χ1v) is 10.9. The van der Waals surface area contributed by atoms with E-state index in [1.54, 1.807) is 21.3 Å². The van der Waals surface area contributed by atoms with E-state index in [-0.39, 0.29) is 12.3 Å². The number of rotatable bonds is 9. The molecule has 1 aliphatic rings. The Morgan fingerprint density at radius 3 is 2.19 bits per heavy atom. The normalized spacial score (nSPS) is 14.8. The van der Waals surface area contributed by atoms with Gasteiger partial charge in [-0.1, -0.05) is 31.2 Å². The number of hydrogen-bond acceptors (Lipinski definition) is 5. The van der Waals surface area contributed by atoms with E-state index in [9.17, 15) is 4.79 Å². The summed E-state index contributed by atoms with van der Waals surface area (Å²) in [5.41, 5.74) is 3.26. The average molecular weight is 427 g/mol. The van der Waals surface area contributed by atoms with Crippen LogP contribution in [0.3, 0.4) is 0 Å². The number of carbonyl (C=O) groups excluding carboxylic acids is 1.